The summed E-state index contributed by atoms with van der Waals surface area (Å²) in [4.78, 5) is 28.9. The summed E-state index contributed by atoms with van der Waals surface area (Å²) < 4.78 is 33.4. The predicted octanol–water partition coefficient (Wildman–Crippen LogP) is 3.50. The summed E-state index contributed by atoms with van der Waals surface area (Å²) >= 11 is 0. The van der Waals surface area contributed by atoms with Crippen molar-refractivity contribution in [3.8, 4) is 5.75 Å². The first-order valence-corrected chi connectivity index (χ1v) is 14.4. The van der Waals surface area contributed by atoms with E-state index in [0.717, 1.165) is 48.4 Å². The average molecular weight is 528 g/mol. The Morgan fingerprint density at radius 2 is 1.65 bits per heavy atom. The summed E-state index contributed by atoms with van der Waals surface area (Å²) in [7, 11) is -2.51. The lowest BCUT2D eigenvalue weighted by Gasteiger charge is -2.47. The number of sulfonamides is 1. The van der Waals surface area contributed by atoms with Crippen molar-refractivity contribution >= 4 is 21.8 Å². The lowest BCUT2D eigenvalue weighted by molar-refractivity contribution is -0.154. The molecule has 1 unspecified atom stereocenters. The van der Waals surface area contributed by atoms with Gasteiger partial charge in [-0.05, 0) is 61.6 Å². The lowest BCUT2D eigenvalue weighted by Crippen LogP contribution is -2.70. The molecule has 2 fully saturated rings. The van der Waals surface area contributed by atoms with Crippen LogP contribution >= 0.6 is 0 Å². The maximum Gasteiger partial charge on any atom is 0.247 e. The van der Waals surface area contributed by atoms with Gasteiger partial charge < -0.3 is 15.0 Å². The van der Waals surface area contributed by atoms with Crippen molar-refractivity contribution in [3.05, 3.63) is 59.7 Å². The standard InChI is InChI=1S/C28H37N3O5S/c1-4-21-10-12-22(13-11-21)18-31-26(32)19-30(37(34,35)25-16-14-24(36-3)15-17-25)20-28(31,2)27(33)29-23-8-6-5-7-9-23/h10-17,23H,4-9,18-20H2,1-3H3,(H,29,33). The van der Waals surface area contributed by atoms with Gasteiger partial charge >= 0.3 is 0 Å². The van der Waals surface area contributed by atoms with Crippen LogP contribution in [-0.4, -0.2) is 61.2 Å². The van der Waals surface area contributed by atoms with E-state index in [0.29, 0.717) is 5.75 Å². The molecule has 0 aromatic heterocycles. The summed E-state index contributed by atoms with van der Waals surface area (Å²) in [6.45, 7) is 3.53. The van der Waals surface area contributed by atoms with Crippen LogP contribution < -0.4 is 10.1 Å². The summed E-state index contributed by atoms with van der Waals surface area (Å²) in [5.41, 5.74) is 0.715. The van der Waals surface area contributed by atoms with Crippen molar-refractivity contribution in [1.29, 1.82) is 0 Å². The van der Waals surface area contributed by atoms with Crippen LogP contribution in [0.4, 0.5) is 0 Å². The highest BCUT2D eigenvalue weighted by Gasteiger charge is 2.50. The second-order valence-corrected chi connectivity index (χ2v) is 12.1. The van der Waals surface area contributed by atoms with E-state index in [1.165, 1.54) is 24.8 Å². The number of rotatable bonds is 8. The van der Waals surface area contributed by atoms with Crippen LogP contribution in [0.25, 0.3) is 0 Å². The number of carbonyl (C=O) groups is 2. The minimum Gasteiger partial charge on any atom is -0.497 e. The number of nitrogens with zero attached hydrogens (tertiary/aromatic N) is 2. The molecule has 2 aromatic carbocycles. The molecule has 1 heterocycles. The average Bonchev–Trinajstić information content (AvgIpc) is 2.91. The number of carbonyl (C=O) groups excluding carboxylic acids is 2. The lowest BCUT2D eigenvalue weighted by atomic mass is 9.91. The Hall–Kier alpha value is -2.91. The molecular weight excluding hydrogens is 490 g/mol. The molecule has 37 heavy (non-hydrogen) atoms. The number of benzene rings is 2. The first-order valence-electron chi connectivity index (χ1n) is 13.0. The molecule has 4 rings (SSSR count). The Morgan fingerprint density at radius 1 is 1.03 bits per heavy atom. The summed E-state index contributed by atoms with van der Waals surface area (Å²) in [5.74, 6) is -0.178. The van der Waals surface area contributed by atoms with Gasteiger partial charge in [-0.2, -0.15) is 4.31 Å². The Kier molecular flexibility index (Phi) is 8.23. The number of hydrogen-bond donors (Lipinski definition) is 1. The monoisotopic (exact) mass is 527 g/mol. The highest BCUT2D eigenvalue weighted by molar-refractivity contribution is 7.89. The molecule has 2 aromatic rings. The normalized spacial score (nSPS) is 21.6. The first kappa shape index (κ1) is 27.1. The van der Waals surface area contributed by atoms with E-state index in [1.807, 2.05) is 24.3 Å². The molecule has 1 aliphatic heterocycles. The predicted molar refractivity (Wildman–Crippen MR) is 142 cm³/mol. The van der Waals surface area contributed by atoms with Gasteiger partial charge in [0.25, 0.3) is 0 Å². The van der Waals surface area contributed by atoms with E-state index in [1.54, 1.807) is 24.0 Å². The van der Waals surface area contributed by atoms with Crippen molar-refractivity contribution in [2.45, 2.75) is 75.4 Å². The van der Waals surface area contributed by atoms with Crippen LogP contribution in [0.3, 0.4) is 0 Å². The molecule has 200 valence electrons. The summed E-state index contributed by atoms with van der Waals surface area (Å²) in [6.07, 6.45) is 5.93. The SMILES string of the molecule is CCc1ccc(CN2C(=O)CN(S(=O)(=O)c3ccc(OC)cc3)CC2(C)C(=O)NC2CCCCC2)cc1. The number of methoxy groups -OCH3 is 1. The second kappa shape index (κ2) is 11.2. The third kappa shape index (κ3) is 5.83. The second-order valence-electron chi connectivity index (χ2n) is 10.2. The maximum absolute atomic E-state index is 13.8. The van der Waals surface area contributed by atoms with Crippen molar-refractivity contribution in [3.63, 3.8) is 0 Å². The number of hydrogen-bond acceptors (Lipinski definition) is 5. The van der Waals surface area contributed by atoms with E-state index in [4.69, 9.17) is 4.74 Å². The fraction of sp³-hybridized carbons (Fsp3) is 0.500. The number of piperazine rings is 1. The zero-order valence-corrected chi connectivity index (χ0v) is 22.7. The van der Waals surface area contributed by atoms with Gasteiger partial charge in [0.15, 0.2) is 0 Å². The Morgan fingerprint density at radius 3 is 2.24 bits per heavy atom. The molecule has 2 amide bonds. The topological polar surface area (TPSA) is 96.0 Å². The quantitative estimate of drug-likeness (QED) is 0.567. The molecule has 1 saturated heterocycles. The van der Waals surface area contributed by atoms with E-state index in [2.05, 4.69) is 12.2 Å². The fourth-order valence-corrected chi connectivity index (χ4v) is 6.65. The zero-order valence-electron chi connectivity index (χ0n) is 21.9. The molecule has 0 bridgehead atoms. The van der Waals surface area contributed by atoms with E-state index in [9.17, 15) is 18.0 Å². The van der Waals surface area contributed by atoms with Crippen LogP contribution in [-0.2, 0) is 32.6 Å². The third-order valence-corrected chi connectivity index (χ3v) is 9.40. The molecule has 1 saturated carbocycles. The van der Waals surface area contributed by atoms with Gasteiger partial charge in [-0.3, -0.25) is 9.59 Å². The van der Waals surface area contributed by atoms with Crippen LogP contribution in [0.5, 0.6) is 5.75 Å². The number of amides is 2. The molecule has 1 N–H and O–H groups in total. The smallest absolute Gasteiger partial charge is 0.247 e. The highest BCUT2D eigenvalue weighted by Crippen LogP contribution is 2.30. The van der Waals surface area contributed by atoms with Crippen LogP contribution in [0.1, 0.15) is 57.1 Å². The minimum atomic E-state index is -4.01. The summed E-state index contributed by atoms with van der Waals surface area (Å²) in [6, 6.07) is 14.1. The van der Waals surface area contributed by atoms with Gasteiger partial charge in [0, 0.05) is 19.1 Å². The van der Waals surface area contributed by atoms with Gasteiger partial charge in [0.1, 0.15) is 11.3 Å². The molecule has 1 aliphatic carbocycles. The number of ether oxygens (including phenoxy) is 1. The van der Waals surface area contributed by atoms with Gasteiger partial charge in [-0.15, -0.1) is 0 Å². The van der Waals surface area contributed by atoms with Crippen molar-refractivity contribution in [2.75, 3.05) is 20.2 Å². The minimum absolute atomic E-state index is 0.0347. The van der Waals surface area contributed by atoms with Gasteiger partial charge in [0.2, 0.25) is 21.8 Å². The zero-order chi connectivity index (χ0) is 26.6. The maximum atomic E-state index is 13.8. The summed E-state index contributed by atoms with van der Waals surface area (Å²) in [5, 5.41) is 3.14. The number of nitrogens with one attached hydrogen (secondary N) is 1. The van der Waals surface area contributed by atoms with E-state index < -0.39 is 21.5 Å². The molecular formula is C28H37N3O5S. The van der Waals surface area contributed by atoms with Gasteiger partial charge in [-0.1, -0.05) is 50.5 Å². The highest BCUT2D eigenvalue weighted by atomic mass is 32.2. The van der Waals surface area contributed by atoms with E-state index in [-0.39, 0.29) is 36.5 Å². The molecule has 8 nitrogen and oxygen atoms in total. The fourth-order valence-electron chi connectivity index (χ4n) is 5.17. The van der Waals surface area contributed by atoms with Crippen LogP contribution in [0.2, 0.25) is 0 Å². The molecule has 9 heteroatoms. The third-order valence-electron chi connectivity index (χ3n) is 7.59. The molecule has 0 spiro atoms. The molecule has 2 aliphatic rings. The largest absolute Gasteiger partial charge is 0.497 e. The Balaban J connectivity index is 1.65. The molecule has 0 radical (unpaired) electrons. The van der Waals surface area contributed by atoms with Gasteiger partial charge in [-0.25, -0.2) is 8.42 Å². The van der Waals surface area contributed by atoms with Crippen LogP contribution in [0.15, 0.2) is 53.4 Å². The Bertz CT molecular complexity index is 1210. The number of aryl methyl sites for hydroxylation is 1. The first-order chi connectivity index (χ1) is 17.7. The van der Waals surface area contributed by atoms with E-state index >= 15 is 0 Å². The molecule has 1 atom stereocenters. The van der Waals surface area contributed by atoms with Crippen molar-refractivity contribution < 1.29 is 22.7 Å². The van der Waals surface area contributed by atoms with Crippen LogP contribution in [0, 0.1) is 0 Å². The van der Waals surface area contributed by atoms with Crippen molar-refractivity contribution in [2.24, 2.45) is 0 Å². The Labute approximate surface area is 220 Å². The van der Waals surface area contributed by atoms with Crippen molar-refractivity contribution in [1.82, 2.24) is 14.5 Å². The van der Waals surface area contributed by atoms with Gasteiger partial charge in [0.05, 0.1) is 18.6 Å².